The van der Waals surface area contributed by atoms with Gasteiger partial charge in [-0.15, -0.1) is 13.2 Å². The van der Waals surface area contributed by atoms with E-state index in [0.29, 0.717) is 37.5 Å². The Hall–Kier alpha value is -2.33. The summed E-state index contributed by atoms with van der Waals surface area (Å²) in [5.41, 5.74) is 0.117. The number of alkyl halides is 3. The van der Waals surface area contributed by atoms with Crippen LogP contribution < -0.4 is 15.4 Å². The molecule has 1 saturated heterocycles. The van der Waals surface area contributed by atoms with Crippen LogP contribution in [-0.2, 0) is 9.53 Å². The maximum atomic E-state index is 12.3. The first-order valence-electron chi connectivity index (χ1n) is 9.81. The van der Waals surface area contributed by atoms with Gasteiger partial charge in [-0.25, -0.2) is 0 Å². The lowest BCUT2D eigenvalue weighted by atomic mass is 10.2. The van der Waals surface area contributed by atoms with Crippen LogP contribution in [-0.4, -0.2) is 69.0 Å². The number of piperidine rings is 1. The maximum Gasteiger partial charge on any atom is 0.573 e. The normalized spacial score (nSPS) is 24.1. The molecule has 7 nitrogen and oxygen atoms in total. The van der Waals surface area contributed by atoms with E-state index >= 15 is 0 Å². The van der Waals surface area contributed by atoms with E-state index in [1.165, 1.54) is 12.1 Å². The van der Waals surface area contributed by atoms with E-state index in [2.05, 4.69) is 20.3 Å². The van der Waals surface area contributed by atoms with Crippen molar-refractivity contribution in [1.29, 1.82) is 0 Å². The molecule has 0 radical (unpaired) electrons. The van der Waals surface area contributed by atoms with Crippen molar-refractivity contribution in [2.24, 2.45) is 17.8 Å². The highest BCUT2D eigenvalue weighted by Crippen LogP contribution is 2.51. The summed E-state index contributed by atoms with van der Waals surface area (Å²) >= 11 is 0. The molecule has 10 heteroatoms. The zero-order valence-electron chi connectivity index (χ0n) is 16.9. The third-order valence-electron chi connectivity index (χ3n) is 5.47. The first kappa shape index (κ1) is 22.4. The van der Waals surface area contributed by atoms with E-state index in [4.69, 9.17) is 4.74 Å². The number of carbonyl (C=O) groups is 2. The standard InChI is InChI=1S/C20H26F3N3O4/c1-12(11-29-2)25-18(27)10-26-8-16-15(17(16)9-26)7-24-19(28)13-4-3-5-14(6-13)30-20(21,22)23/h3-6,12,15-17H,7-11H2,1-2H3,(H,24,28)(H,25,27). The van der Waals surface area contributed by atoms with Gasteiger partial charge in [-0.05, 0) is 42.9 Å². The molecule has 3 atom stereocenters. The third-order valence-corrected chi connectivity index (χ3v) is 5.47. The third kappa shape index (κ3) is 6.09. The van der Waals surface area contributed by atoms with Gasteiger partial charge in [0.2, 0.25) is 5.91 Å². The first-order valence-corrected chi connectivity index (χ1v) is 9.81. The van der Waals surface area contributed by atoms with Crippen LogP contribution in [0.4, 0.5) is 13.2 Å². The number of nitrogens with one attached hydrogen (secondary N) is 2. The van der Waals surface area contributed by atoms with Gasteiger partial charge >= 0.3 is 6.36 Å². The summed E-state index contributed by atoms with van der Waals surface area (Å²) in [5.74, 6) is 0.286. The number of fused-ring (bicyclic) bond motifs is 1. The molecule has 1 aliphatic carbocycles. The van der Waals surface area contributed by atoms with E-state index in [0.717, 1.165) is 25.2 Å². The molecular formula is C20H26F3N3O4. The van der Waals surface area contributed by atoms with Crippen LogP contribution in [0.2, 0.25) is 0 Å². The Morgan fingerprint density at radius 1 is 1.27 bits per heavy atom. The van der Waals surface area contributed by atoms with Gasteiger partial charge < -0.3 is 20.1 Å². The van der Waals surface area contributed by atoms with Gasteiger partial charge in [0.05, 0.1) is 13.2 Å². The number of nitrogens with zero attached hydrogens (tertiary/aromatic N) is 1. The van der Waals surface area contributed by atoms with Crippen LogP contribution >= 0.6 is 0 Å². The summed E-state index contributed by atoms with van der Waals surface area (Å²) in [5, 5.41) is 5.67. The highest BCUT2D eigenvalue weighted by atomic mass is 19.4. The number of halogens is 3. The van der Waals surface area contributed by atoms with Gasteiger partial charge in [-0.3, -0.25) is 14.5 Å². The van der Waals surface area contributed by atoms with Gasteiger partial charge in [0.15, 0.2) is 0 Å². The molecule has 0 bridgehead atoms. The van der Waals surface area contributed by atoms with E-state index < -0.39 is 18.0 Å². The Kier molecular flexibility index (Phi) is 6.87. The van der Waals surface area contributed by atoms with E-state index in [9.17, 15) is 22.8 Å². The number of likely N-dealkylation sites (tertiary alicyclic amines) is 1. The van der Waals surface area contributed by atoms with Crippen molar-refractivity contribution in [2.75, 3.05) is 39.9 Å². The van der Waals surface area contributed by atoms with Crippen LogP contribution in [0.1, 0.15) is 17.3 Å². The van der Waals surface area contributed by atoms with Crippen LogP contribution in [0.15, 0.2) is 24.3 Å². The second kappa shape index (κ2) is 9.22. The molecule has 0 aromatic heterocycles. The minimum absolute atomic E-state index is 0.0355. The average Bonchev–Trinajstić information content (AvgIpc) is 3.09. The number of benzene rings is 1. The van der Waals surface area contributed by atoms with Gasteiger partial charge in [-0.1, -0.05) is 6.07 Å². The number of rotatable bonds is 9. The first-order chi connectivity index (χ1) is 14.2. The second-order valence-corrected chi connectivity index (χ2v) is 7.90. The molecule has 2 amide bonds. The SMILES string of the molecule is COCC(C)NC(=O)CN1CC2C(CNC(=O)c3cccc(OC(F)(F)F)c3)C2C1. The number of methoxy groups -OCH3 is 1. The van der Waals surface area contributed by atoms with Crippen molar-refractivity contribution in [3.05, 3.63) is 29.8 Å². The summed E-state index contributed by atoms with van der Waals surface area (Å²) < 4.78 is 45.8. The van der Waals surface area contributed by atoms with Gasteiger partial charge in [0.25, 0.3) is 5.91 Å². The summed E-state index contributed by atoms with van der Waals surface area (Å²) in [7, 11) is 1.59. The summed E-state index contributed by atoms with van der Waals surface area (Å²) in [6.45, 7) is 4.74. The van der Waals surface area contributed by atoms with E-state index in [1.54, 1.807) is 7.11 Å². The summed E-state index contributed by atoms with van der Waals surface area (Å²) in [6.07, 6.45) is -4.80. The largest absolute Gasteiger partial charge is 0.573 e. The number of amides is 2. The molecule has 1 saturated carbocycles. The van der Waals surface area contributed by atoms with Crippen molar-refractivity contribution in [3.8, 4) is 5.75 Å². The fourth-order valence-corrected chi connectivity index (χ4v) is 4.13. The Labute approximate surface area is 172 Å². The fourth-order valence-electron chi connectivity index (χ4n) is 4.13. The Bertz CT molecular complexity index is 762. The Morgan fingerprint density at radius 2 is 1.97 bits per heavy atom. The maximum absolute atomic E-state index is 12.3. The number of hydrogen-bond acceptors (Lipinski definition) is 5. The highest BCUT2D eigenvalue weighted by molar-refractivity contribution is 5.94. The predicted molar refractivity (Wildman–Crippen MR) is 102 cm³/mol. The molecule has 1 aromatic carbocycles. The molecule has 3 rings (SSSR count). The van der Waals surface area contributed by atoms with E-state index in [1.807, 2.05) is 6.92 Å². The van der Waals surface area contributed by atoms with Crippen LogP contribution in [0, 0.1) is 17.8 Å². The van der Waals surface area contributed by atoms with E-state index in [-0.39, 0.29) is 17.5 Å². The monoisotopic (exact) mass is 429 g/mol. The van der Waals surface area contributed by atoms with Gasteiger partial charge in [0, 0.05) is 38.3 Å². The van der Waals surface area contributed by atoms with Gasteiger partial charge in [-0.2, -0.15) is 0 Å². The molecule has 3 unspecified atom stereocenters. The van der Waals surface area contributed by atoms with Crippen molar-refractivity contribution >= 4 is 11.8 Å². The molecule has 1 aromatic rings. The number of ether oxygens (including phenoxy) is 2. The summed E-state index contributed by atoms with van der Waals surface area (Å²) in [4.78, 5) is 26.4. The van der Waals surface area contributed by atoms with Crippen molar-refractivity contribution in [3.63, 3.8) is 0 Å². The lowest BCUT2D eigenvalue weighted by Gasteiger charge is -2.20. The quantitative estimate of drug-likeness (QED) is 0.624. The topological polar surface area (TPSA) is 79.9 Å². The highest BCUT2D eigenvalue weighted by Gasteiger charge is 2.55. The lowest BCUT2D eigenvalue weighted by molar-refractivity contribution is -0.274. The Balaban J connectivity index is 1.39. The van der Waals surface area contributed by atoms with Crippen LogP contribution in [0.3, 0.4) is 0 Å². The molecule has 2 N–H and O–H groups in total. The zero-order chi connectivity index (χ0) is 21.9. The lowest BCUT2D eigenvalue weighted by Crippen LogP contribution is -2.43. The smallest absolute Gasteiger partial charge is 0.406 e. The molecular weight excluding hydrogens is 403 g/mol. The zero-order valence-corrected chi connectivity index (χ0v) is 16.9. The molecule has 0 spiro atoms. The minimum Gasteiger partial charge on any atom is -0.406 e. The predicted octanol–water partition coefficient (Wildman–Crippen LogP) is 1.64. The Morgan fingerprint density at radius 3 is 2.60 bits per heavy atom. The second-order valence-electron chi connectivity index (χ2n) is 7.90. The molecule has 1 aliphatic heterocycles. The van der Waals surface area contributed by atoms with Crippen molar-refractivity contribution < 1.29 is 32.2 Å². The molecule has 1 heterocycles. The molecule has 30 heavy (non-hydrogen) atoms. The minimum atomic E-state index is -4.80. The van der Waals surface area contributed by atoms with Crippen molar-refractivity contribution in [2.45, 2.75) is 19.3 Å². The van der Waals surface area contributed by atoms with Crippen LogP contribution in [0.25, 0.3) is 0 Å². The van der Waals surface area contributed by atoms with Crippen LogP contribution in [0.5, 0.6) is 5.75 Å². The average molecular weight is 429 g/mol. The molecule has 2 fully saturated rings. The molecule has 2 aliphatic rings. The van der Waals surface area contributed by atoms with Crippen molar-refractivity contribution in [1.82, 2.24) is 15.5 Å². The fraction of sp³-hybridized carbons (Fsp3) is 0.600. The number of hydrogen-bond donors (Lipinski definition) is 2. The number of carbonyl (C=O) groups excluding carboxylic acids is 2. The van der Waals surface area contributed by atoms with Gasteiger partial charge in [0.1, 0.15) is 5.75 Å². The summed E-state index contributed by atoms with van der Waals surface area (Å²) in [6, 6.07) is 4.97. The molecule has 166 valence electrons.